The maximum absolute atomic E-state index is 6.15. The third-order valence-corrected chi connectivity index (χ3v) is 5.17. The number of nitrogens with zero attached hydrogens (tertiary/aromatic N) is 1. The van der Waals surface area contributed by atoms with Crippen LogP contribution in [0.5, 0.6) is 5.75 Å². The summed E-state index contributed by atoms with van der Waals surface area (Å²) in [6.07, 6.45) is 1.81. The number of methoxy groups -OCH3 is 1. The zero-order chi connectivity index (χ0) is 19.8. The number of guanidine groups is 1. The van der Waals surface area contributed by atoms with Gasteiger partial charge in [0.05, 0.1) is 13.7 Å². The molecular weight excluding hydrogens is 479 g/mol. The van der Waals surface area contributed by atoms with Crippen LogP contribution in [0.4, 0.5) is 5.69 Å². The Bertz CT molecular complexity index is 779. The molecule has 2 aromatic rings. The topological polar surface area (TPSA) is 80.9 Å². The lowest BCUT2D eigenvalue weighted by molar-refractivity contribution is 0.0375. The summed E-state index contributed by atoms with van der Waals surface area (Å²) in [4.78, 5) is 4.64. The second-order valence-corrected chi connectivity index (χ2v) is 7.23. The fourth-order valence-electron chi connectivity index (χ4n) is 3.52. The predicted molar refractivity (Wildman–Crippen MR) is 129 cm³/mol. The average molecular weight is 510 g/mol. The van der Waals surface area contributed by atoms with Crippen molar-refractivity contribution in [1.29, 1.82) is 0 Å². The summed E-state index contributed by atoms with van der Waals surface area (Å²) in [5.41, 5.74) is 8.14. The van der Waals surface area contributed by atoms with E-state index in [0.29, 0.717) is 12.5 Å². The molecule has 1 atom stereocenters. The lowest BCUT2D eigenvalue weighted by Gasteiger charge is -2.39. The summed E-state index contributed by atoms with van der Waals surface area (Å²) in [6.45, 7) is 4.24. The Morgan fingerprint density at radius 2 is 1.90 bits per heavy atom. The Morgan fingerprint density at radius 3 is 2.59 bits per heavy atom. The molecule has 6 nitrogen and oxygen atoms in total. The predicted octanol–water partition coefficient (Wildman–Crippen LogP) is 3.94. The van der Waals surface area contributed by atoms with Gasteiger partial charge in [0.15, 0.2) is 5.96 Å². The monoisotopic (exact) mass is 510 g/mol. The summed E-state index contributed by atoms with van der Waals surface area (Å²) < 4.78 is 10.8. The molecule has 0 aromatic heterocycles. The molecule has 1 aliphatic rings. The number of halogens is 1. The summed E-state index contributed by atoms with van der Waals surface area (Å²) in [5, 5.41) is 6.94. The van der Waals surface area contributed by atoms with Crippen LogP contribution in [0, 0.1) is 0 Å². The molecule has 1 saturated heterocycles. The zero-order valence-corrected chi connectivity index (χ0v) is 19.4. The van der Waals surface area contributed by atoms with Crippen molar-refractivity contribution in [3.05, 3.63) is 60.2 Å². The molecule has 158 valence electrons. The van der Waals surface area contributed by atoms with Crippen molar-refractivity contribution >= 4 is 35.6 Å². The minimum Gasteiger partial charge on any atom is -0.497 e. The number of nitrogens with two attached hydrogens (primary N) is 1. The molecule has 1 unspecified atom stereocenters. The number of anilines is 1. The van der Waals surface area contributed by atoms with E-state index in [-0.39, 0.29) is 35.6 Å². The number of rotatable bonds is 7. The van der Waals surface area contributed by atoms with Crippen LogP contribution in [0.1, 0.15) is 31.4 Å². The van der Waals surface area contributed by atoms with E-state index in [1.165, 1.54) is 5.56 Å². The maximum Gasteiger partial charge on any atom is 0.193 e. The number of hydrogen-bond donors (Lipinski definition) is 3. The first-order valence-electron chi connectivity index (χ1n) is 9.72. The molecule has 7 heteroatoms. The van der Waals surface area contributed by atoms with Crippen LogP contribution in [0.25, 0.3) is 0 Å². The lowest BCUT2D eigenvalue weighted by Crippen LogP contribution is -2.53. The van der Waals surface area contributed by atoms with Crippen LogP contribution < -0.4 is 21.1 Å². The van der Waals surface area contributed by atoms with E-state index >= 15 is 0 Å². The standard InChI is InChI=1S/C22H30N4O2.HI/c1-17(18-7-4-3-5-8-18)26-22(11-13-28-14-12-22)16-24-21(23)25-19-9-6-10-20(15-19)27-2;/h3-10,15,17,26H,11-14,16H2,1-2H3,(H3,23,24,25);1H. The normalized spacial score (nSPS) is 17.1. The van der Waals surface area contributed by atoms with Crippen molar-refractivity contribution in [2.75, 3.05) is 32.2 Å². The third-order valence-electron chi connectivity index (χ3n) is 5.17. The average Bonchev–Trinajstić information content (AvgIpc) is 2.74. The Morgan fingerprint density at radius 1 is 1.17 bits per heavy atom. The molecule has 1 heterocycles. The molecule has 29 heavy (non-hydrogen) atoms. The van der Waals surface area contributed by atoms with E-state index in [0.717, 1.165) is 37.5 Å². The van der Waals surface area contributed by atoms with Gasteiger partial charge in [-0.3, -0.25) is 4.99 Å². The summed E-state index contributed by atoms with van der Waals surface area (Å²) in [6, 6.07) is 18.3. The number of benzene rings is 2. The third kappa shape index (κ3) is 6.87. The van der Waals surface area contributed by atoms with Gasteiger partial charge in [-0.2, -0.15) is 0 Å². The maximum atomic E-state index is 6.15. The minimum atomic E-state index is -0.131. The number of hydrogen-bond acceptors (Lipinski definition) is 4. The molecule has 0 spiro atoms. The van der Waals surface area contributed by atoms with Crippen molar-refractivity contribution in [3.8, 4) is 5.75 Å². The van der Waals surface area contributed by atoms with Crippen molar-refractivity contribution in [3.63, 3.8) is 0 Å². The van der Waals surface area contributed by atoms with E-state index in [2.05, 4.69) is 46.8 Å². The van der Waals surface area contributed by atoms with Crippen LogP contribution in [0.15, 0.2) is 59.6 Å². The molecule has 2 aromatic carbocycles. The van der Waals surface area contributed by atoms with Gasteiger partial charge in [-0.05, 0) is 37.5 Å². The zero-order valence-electron chi connectivity index (χ0n) is 17.1. The Balaban J connectivity index is 0.00000300. The van der Waals surface area contributed by atoms with Gasteiger partial charge in [-0.15, -0.1) is 24.0 Å². The van der Waals surface area contributed by atoms with Crippen LogP contribution in [0.3, 0.4) is 0 Å². The second-order valence-electron chi connectivity index (χ2n) is 7.23. The van der Waals surface area contributed by atoms with E-state index in [4.69, 9.17) is 15.2 Å². The number of aliphatic imine (C=N–C) groups is 1. The van der Waals surface area contributed by atoms with E-state index < -0.39 is 0 Å². The van der Waals surface area contributed by atoms with Gasteiger partial charge >= 0.3 is 0 Å². The summed E-state index contributed by atoms with van der Waals surface area (Å²) >= 11 is 0. The number of ether oxygens (including phenoxy) is 2. The highest BCUT2D eigenvalue weighted by Crippen LogP contribution is 2.26. The highest BCUT2D eigenvalue weighted by Gasteiger charge is 2.33. The molecule has 1 fully saturated rings. The van der Waals surface area contributed by atoms with Gasteiger partial charge in [0.1, 0.15) is 5.75 Å². The first-order chi connectivity index (χ1) is 13.6. The van der Waals surface area contributed by atoms with Gasteiger partial charge in [-0.25, -0.2) is 0 Å². The molecule has 0 saturated carbocycles. The number of nitrogens with one attached hydrogen (secondary N) is 2. The van der Waals surface area contributed by atoms with Crippen molar-refractivity contribution in [1.82, 2.24) is 5.32 Å². The first kappa shape index (κ1) is 23.4. The molecule has 0 radical (unpaired) electrons. The van der Waals surface area contributed by atoms with Gasteiger partial charge in [-0.1, -0.05) is 36.4 Å². The van der Waals surface area contributed by atoms with E-state index in [1.807, 2.05) is 30.3 Å². The first-order valence-corrected chi connectivity index (χ1v) is 9.72. The molecular formula is C22H31IN4O2. The molecule has 3 rings (SSSR count). The van der Waals surface area contributed by atoms with E-state index in [9.17, 15) is 0 Å². The summed E-state index contributed by atoms with van der Waals surface area (Å²) in [5.74, 6) is 1.17. The molecule has 0 bridgehead atoms. The largest absolute Gasteiger partial charge is 0.497 e. The fraction of sp³-hybridized carbons (Fsp3) is 0.409. The fourth-order valence-corrected chi connectivity index (χ4v) is 3.52. The van der Waals surface area contributed by atoms with Crippen molar-refractivity contribution in [2.45, 2.75) is 31.3 Å². The lowest BCUT2D eigenvalue weighted by atomic mass is 9.88. The van der Waals surface area contributed by atoms with Crippen LogP contribution in [-0.2, 0) is 4.74 Å². The smallest absolute Gasteiger partial charge is 0.193 e. The SMILES string of the molecule is COc1cccc(NC(N)=NCC2(NC(C)c3ccccc3)CCOCC2)c1.I. The quantitative estimate of drug-likeness (QED) is 0.299. The van der Waals surface area contributed by atoms with Gasteiger partial charge in [0.25, 0.3) is 0 Å². The molecule has 0 aliphatic carbocycles. The van der Waals surface area contributed by atoms with Gasteiger partial charge in [0.2, 0.25) is 0 Å². The second kappa shape index (κ2) is 11.4. The Kier molecular flexibility index (Phi) is 9.19. The van der Waals surface area contributed by atoms with Crippen LogP contribution in [0.2, 0.25) is 0 Å². The Hall–Kier alpha value is -1.84. The van der Waals surface area contributed by atoms with Crippen molar-refractivity contribution in [2.24, 2.45) is 10.7 Å². The Labute approximate surface area is 190 Å². The highest BCUT2D eigenvalue weighted by molar-refractivity contribution is 14.0. The summed E-state index contributed by atoms with van der Waals surface area (Å²) in [7, 11) is 1.64. The van der Waals surface area contributed by atoms with Gasteiger partial charge < -0.3 is 25.8 Å². The highest BCUT2D eigenvalue weighted by atomic mass is 127. The molecule has 4 N–H and O–H groups in total. The molecule has 1 aliphatic heterocycles. The van der Waals surface area contributed by atoms with Crippen LogP contribution in [-0.4, -0.2) is 38.4 Å². The van der Waals surface area contributed by atoms with Crippen molar-refractivity contribution < 1.29 is 9.47 Å². The minimum absolute atomic E-state index is 0. The molecule has 0 amide bonds. The van der Waals surface area contributed by atoms with E-state index in [1.54, 1.807) is 7.11 Å². The van der Waals surface area contributed by atoms with Gasteiger partial charge in [0, 0.05) is 36.5 Å². The van der Waals surface area contributed by atoms with Crippen LogP contribution >= 0.6 is 24.0 Å².